The van der Waals surface area contributed by atoms with Gasteiger partial charge in [-0.25, -0.2) is 4.79 Å². The molecule has 2 aliphatic rings. The predicted octanol–water partition coefficient (Wildman–Crippen LogP) is 0.928. The summed E-state index contributed by atoms with van der Waals surface area (Å²) in [5.41, 5.74) is 1.64. The number of nitrogens with zero attached hydrogens (tertiary/aromatic N) is 1. The van der Waals surface area contributed by atoms with Gasteiger partial charge in [-0.3, -0.25) is 0 Å². The molecule has 2 aliphatic heterocycles. The molecule has 3 unspecified atom stereocenters. The minimum Gasteiger partial charge on any atom is -0.488 e. The van der Waals surface area contributed by atoms with Crippen molar-refractivity contribution in [2.45, 2.75) is 31.3 Å². The first-order valence-electron chi connectivity index (χ1n) is 8.42. The molecule has 1 aromatic rings. The lowest BCUT2D eigenvalue weighted by Crippen LogP contribution is -2.40. The number of fused-ring (bicyclic) bond motifs is 1. The zero-order valence-corrected chi connectivity index (χ0v) is 14.8. The number of rotatable bonds is 6. The van der Waals surface area contributed by atoms with Crippen molar-refractivity contribution in [2.75, 3.05) is 20.8 Å². The van der Waals surface area contributed by atoms with Crippen molar-refractivity contribution in [1.29, 1.82) is 0 Å². The molecule has 7 heteroatoms. The molecule has 7 nitrogen and oxygen atoms in total. The molecule has 1 saturated heterocycles. The summed E-state index contributed by atoms with van der Waals surface area (Å²) in [6.07, 6.45) is 0.667. The highest BCUT2D eigenvalue weighted by Gasteiger charge is 2.45. The number of esters is 1. The van der Waals surface area contributed by atoms with E-state index in [4.69, 9.17) is 14.2 Å². The monoisotopic (exact) mass is 361 g/mol. The number of hydrogen-bond acceptors (Lipinski definition) is 7. The largest absolute Gasteiger partial charge is 0.488 e. The van der Waals surface area contributed by atoms with Gasteiger partial charge in [0.25, 0.3) is 0 Å². The predicted molar refractivity (Wildman–Crippen MR) is 92.5 cm³/mol. The Bertz CT molecular complexity index is 714. The Morgan fingerprint density at radius 2 is 2.00 bits per heavy atom. The molecule has 0 saturated carbocycles. The highest BCUT2D eigenvalue weighted by atomic mass is 16.5. The van der Waals surface area contributed by atoms with Gasteiger partial charge in [0, 0.05) is 19.2 Å². The highest BCUT2D eigenvalue weighted by Crippen LogP contribution is 2.39. The first kappa shape index (κ1) is 18.4. The fourth-order valence-electron chi connectivity index (χ4n) is 3.39. The minimum absolute atomic E-state index is 0.104. The highest BCUT2D eigenvalue weighted by molar-refractivity contribution is 5.89. The van der Waals surface area contributed by atoms with Crippen LogP contribution < -0.4 is 0 Å². The van der Waals surface area contributed by atoms with Crippen LogP contribution in [0.25, 0.3) is 0 Å². The standard InChI is InChI=1S/C19H23NO6/c1-24-16-8-13(10-21)20-14(16)9-15(22)18(17(20)19(23)25-2)26-11-12-6-4-3-5-7-12/h3-7,9,13,15-16,21-22H,8,10-11H2,1-2H3. The van der Waals surface area contributed by atoms with E-state index in [1.165, 1.54) is 7.11 Å². The molecule has 2 N–H and O–H groups in total. The van der Waals surface area contributed by atoms with Crippen LogP contribution in [0.3, 0.4) is 0 Å². The number of benzene rings is 1. The van der Waals surface area contributed by atoms with E-state index >= 15 is 0 Å². The summed E-state index contributed by atoms with van der Waals surface area (Å²) in [6, 6.07) is 9.09. The van der Waals surface area contributed by atoms with Crippen LogP contribution in [0.4, 0.5) is 0 Å². The SMILES string of the molecule is COC(=O)C1=C(OCc2ccccc2)C(O)C=C2C(OC)CC(CO)N21. The molecular weight excluding hydrogens is 338 g/mol. The Kier molecular flexibility index (Phi) is 5.61. The van der Waals surface area contributed by atoms with E-state index < -0.39 is 12.1 Å². The third kappa shape index (κ3) is 3.33. The first-order valence-corrected chi connectivity index (χ1v) is 8.42. The van der Waals surface area contributed by atoms with Crippen LogP contribution in [0, 0.1) is 0 Å². The van der Waals surface area contributed by atoms with Gasteiger partial charge in [-0.2, -0.15) is 0 Å². The van der Waals surface area contributed by atoms with Crippen molar-refractivity contribution >= 4 is 5.97 Å². The molecule has 0 radical (unpaired) electrons. The van der Waals surface area contributed by atoms with Gasteiger partial charge in [0.2, 0.25) is 0 Å². The number of aliphatic hydroxyl groups is 2. The number of carbonyl (C=O) groups is 1. The molecular formula is C19H23NO6. The van der Waals surface area contributed by atoms with E-state index in [0.29, 0.717) is 12.1 Å². The van der Waals surface area contributed by atoms with E-state index in [2.05, 4.69) is 0 Å². The molecule has 1 fully saturated rings. The van der Waals surface area contributed by atoms with Crippen LogP contribution in [0.5, 0.6) is 0 Å². The zero-order chi connectivity index (χ0) is 18.7. The molecule has 3 rings (SSSR count). The van der Waals surface area contributed by atoms with Crippen LogP contribution >= 0.6 is 0 Å². The van der Waals surface area contributed by atoms with Crippen LogP contribution in [0.2, 0.25) is 0 Å². The number of hydrogen-bond donors (Lipinski definition) is 2. The van der Waals surface area contributed by atoms with Gasteiger partial charge in [0.05, 0.1) is 25.9 Å². The Labute approximate surface area is 152 Å². The molecule has 1 aromatic carbocycles. The quantitative estimate of drug-likeness (QED) is 0.729. The summed E-state index contributed by atoms with van der Waals surface area (Å²) in [5.74, 6) is -0.521. The summed E-state index contributed by atoms with van der Waals surface area (Å²) in [4.78, 5) is 14.1. The van der Waals surface area contributed by atoms with Crippen molar-refractivity contribution in [3.8, 4) is 0 Å². The molecule has 140 valence electrons. The van der Waals surface area contributed by atoms with Gasteiger partial charge in [-0.05, 0) is 11.6 Å². The number of ether oxygens (including phenoxy) is 3. The second-order valence-corrected chi connectivity index (χ2v) is 6.18. The zero-order valence-electron chi connectivity index (χ0n) is 14.8. The summed E-state index contributed by atoms with van der Waals surface area (Å²) < 4.78 is 16.2. The average Bonchev–Trinajstić information content (AvgIpc) is 3.03. The molecule has 3 atom stereocenters. The van der Waals surface area contributed by atoms with Crippen molar-refractivity contribution in [2.24, 2.45) is 0 Å². The van der Waals surface area contributed by atoms with Crippen molar-refractivity contribution < 1.29 is 29.2 Å². The maximum atomic E-state index is 12.5. The summed E-state index contributed by atoms with van der Waals surface area (Å²) in [7, 11) is 2.82. The smallest absolute Gasteiger partial charge is 0.358 e. The maximum absolute atomic E-state index is 12.5. The number of carbonyl (C=O) groups excluding carboxylic acids is 1. The third-order valence-electron chi connectivity index (χ3n) is 4.64. The van der Waals surface area contributed by atoms with Crippen molar-refractivity contribution in [3.05, 3.63) is 59.1 Å². The number of methoxy groups -OCH3 is 2. The van der Waals surface area contributed by atoms with E-state index in [1.807, 2.05) is 30.3 Å². The Morgan fingerprint density at radius 1 is 1.27 bits per heavy atom. The first-order chi connectivity index (χ1) is 12.6. The van der Waals surface area contributed by atoms with Crippen molar-refractivity contribution in [3.63, 3.8) is 0 Å². The van der Waals surface area contributed by atoms with Gasteiger partial charge >= 0.3 is 5.97 Å². The van der Waals surface area contributed by atoms with E-state index in [9.17, 15) is 15.0 Å². The second-order valence-electron chi connectivity index (χ2n) is 6.18. The molecule has 26 heavy (non-hydrogen) atoms. The lowest BCUT2D eigenvalue weighted by atomic mass is 10.1. The normalized spacial score (nSPS) is 25.0. The maximum Gasteiger partial charge on any atom is 0.358 e. The minimum atomic E-state index is -1.10. The van der Waals surface area contributed by atoms with Crippen LogP contribution in [-0.2, 0) is 25.6 Å². The molecule has 0 bridgehead atoms. The molecule has 0 aromatic heterocycles. The molecule has 0 aliphatic carbocycles. The number of aliphatic hydroxyl groups excluding tert-OH is 2. The van der Waals surface area contributed by atoms with E-state index in [-0.39, 0.29) is 36.8 Å². The van der Waals surface area contributed by atoms with E-state index in [1.54, 1.807) is 18.1 Å². The van der Waals surface area contributed by atoms with Gasteiger partial charge < -0.3 is 29.3 Å². The van der Waals surface area contributed by atoms with Gasteiger partial charge in [-0.1, -0.05) is 30.3 Å². The van der Waals surface area contributed by atoms with Crippen LogP contribution in [0.15, 0.2) is 53.6 Å². The molecule has 0 spiro atoms. The Hall–Kier alpha value is -2.35. The van der Waals surface area contributed by atoms with Crippen molar-refractivity contribution in [1.82, 2.24) is 4.90 Å². The lowest BCUT2D eigenvalue weighted by Gasteiger charge is -2.34. The second kappa shape index (κ2) is 7.90. The van der Waals surface area contributed by atoms with Gasteiger partial charge in [-0.15, -0.1) is 0 Å². The van der Waals surface area contributed by atoms with Gasteiger partial charge in [0.1, 0.15) is 12.7 Å². The topological polar surface area (TPSA) is 88.5 Å². The van der Waals surface area contributed by atoms with Crippen LogP contribution in [0.1, 0.15) is 12.0 Å². The lowest BCUT2D eigenvalue weighted by molar-refractivity contribution is -0.138. The average molecular weight is 361 g/mol. The summed E-state index contributed by atoms with van der Waals surface area (Å²) in [6.45, 7) is 0.0298. The fourth-order valence-corrected chi connectivity index (χ4v) is 3.39. The van der Waals surface area contributed by atoms with E-state index in [0.717, 1.165) is 5.56 Å². The molecule has 0 amide bonds. The Morgan fingerprint density at radius 3 is 2.62 bits per heavy atom. The summed E-state index contributed by atoms with van der Waals surface area (Å²) in [5, 5.41) is 20.3. The summed E-state index contributed by atoms with van der Waals surface area (Å²) >= 11 is 0. The van der Waals surface area contributed by atoms with Gasteiger partial charge in [0.15, 0.2) is 11.5 Å². The fraction of sp³-hybridized carbons (Fsp3) is 0.421. The molecule has 2 heterocycles. The Balaban J connectivity index is 1.96. The van der Waals surface area contributed by atoms with Crippen LogP contribution in [-0.4, -0.2) is 60.2 Å². The third-order valence-corrected chi connectivity index (χ3v) is 4.64.